The molecule has 0 heterocycles. The first-order valence-electron chi connectivity index (χ1n) is 5.50. The Balaban J connectivity index is 3.08. The number of benzene rings is 1. The zero-order valence-electron chi connectivity index (χ0n) is 9.98. The zero-order chi connectivity index (χ0) is 13.5. The van der Waals surface area contributed by atoms with Crippen molar-refractivity contribution in [2.75, 3.05) is 6.61 Å². The van der Waals surface area contributed by atoms with Gasteiger partial charge in [-0.2, -0.15) is 0 Å². The summed E-state index contributed by atoms with van der Waals surface area (Å²) in [7, 11) is 0. The summed E-state index contributed by atoms with van der Waals surface area (Å²) < 4.78 is 0. The van der Waals surface area contributed by atoms with Gasteiger partial charge < -0.3 is 5.11 Å². The Labute approximate surface area is 104 Å². The Morgan fingerprint density at radius 1 is 1.61 bits per heavy atom. The van der Waals surface area contributed by atoms with Crippen LogP contribution in [0.15, 0.2) is 23.3 Å². The lowest BCUT2D eigenvalue weighted by atomic mass is 10.0. The van der Waals surface area contributed by atoms with E-state index in [2.05, 4.69) is 10.0 Å². The quantitative estimate of drug-likeness (QED) is 0.275. The molecule has 0 bridgehead atoms. The smallest absolute Gasteiger partial charge is 0.272 e. The number of nitro groups is 1. The highest BCUT2D eigenvalue weighted by Gasteiger charge is 2.16. The lowest BCUT2D eigenvalue weighted by Crippen LogP contribution is -1.99. The fourth-order valence-corrected chi connectivity index (χ4v) is 1.67. The van der Waals surface area contributed by atoms with E-state index in [1.54, 1.807) is 19.1 Å². The second-order valence-corrected chi connectivity index (χ2v) is 3.89. The van der Waals surface area contributed by atoms with Gasteiger partial charge in [0.2, 0.25) is 0 Å². The molecule has 7 heteroatoms. The number of nitrogens with zero attached hydrogens (tertiary/aromatic N) is 4. The number of hydrogen-bond acceptors (Lipinski definition) is 4. The van der Waals surface area contributed by atoms with Gasteiger partial charge in [-0.1, -0.05) is 17.2 Å². The highest BCUT2D eigenvalue weighted by molar-refractivity contribution is 5.43. The standard InChI is InChI=1S/C11H14N4O3/c1-8-4-5-9(7-11(8)15(17)18)10(13-14-12)3-2-6-16/h4-5,7,10,16H,2-3,6H2,1H3. The zero-order valence-corrected chi connectivity index (χ0v) is 9.98. The van der Waals surface area contributed by atoms with Crippen molar-refractivity contribution in [3.8, 4) is 0 Å². The summed E-state index contributed by atoms with van der Waals surface area (Å²) in [5, 5.41) is 23.2. The maximum atomic E-state index is 10.8. The largest absolute Gasteiger partial charge is 0.396 e. The van der Waals surface area contributed by atoms with Gasteiger partial charge in [0.1, 0.15) is 0 Å². The fourth-order valence-electron chi connectivity index (χ4n) is 1.67. The van der Waals surface area contributed by atoms with Crippen molar-refractivity contribution in [2.45, 2.75) is 25.8 Å². The van der Waals surface area contributed by atoms with E-state index in [9.17, 15) is 10.1 Å². The molecule has 0 saturated heterocycles. The molecule has 0 aliphatic carbocycles. The number of nitro benzene ring substituents is 1. The molecule has 0 fully saturated rings. The van der Waals surface area contributed by atoms with Crippen molar-refractivity contribution in [1.29, 1.82) is 0 Å². The van der Waals surface area contributed by atoms with E-state index in [-0.39, 0.29) is 12.3 Å². The molecule has 0 aliphatic heterocycles. The summed E-state index contributed by atoms with van der Waals surface area (Å²) in [5.74, 6) is 0. The van der Waals surface area contributed by atoms with Crippen molar-refractivity contribution in [3.63, 3.8) is 0 Å². The molecule has 0 aliphatic rings. The molecule has 18 heavy (non-hydrogen) atoms. The number of rotatable bonds is 6. The molecule has 1 rings (SSSR count). The number of azide groups is 1. The molecule has 0 amide bonds. The highest BCUT2D eigenvalue weighted by atomic mass is 16.6. The van der Waals surface area contributed by atoms with Crippen LogP contribution in [-0.4, -0.2) is 16.6 Å². The molecule has 1 atom stereocenters. The summed E-state index contributed by atoms with van der Waals surface area (Å²) in [4.78, 5) is 13.1. The third kappa shape index (κ3) is 3.44. The van der Waals surface area contributed by atoms with E-state index in [0.717, 1.165) is 0 Å². The fraction of sp³-hybridized carbons (Fsp3) is 0.455. The van der Waals surface area contributed by atoms with Gasteiger partial charge in [-0.05, 0) is 30.9 Å². The van der Waals surface area contributed by atoms with Crippen molar-refractivity contribution in [3.05, 3.63) is 49.9 Å². The van der Waals surface area contributed by atoms with Gasteiger partial charge in [-0.25, -0.2) is 0 Å². The first-order chi connectivity index (χ1) is 8.60. The van der Waals surface area contributed by atoms with Crippen molar-refractivity contribution < 1.29 is 10.0 Å². The molecule has 1 aromatic rings. The molecule has 0 spiro atoms. The molecule has 1 aromatic carbocycles. The molecule has 0 saturated carbocycles. The Bertz CT molecular complexity index is 483. The van der Waals surface area contributed by atoms with Gasteiger partial charge in [0.25, 0.3) is 5.69 Å². The van der Waals surface area contributed by atoms with Gasteiger partial charge in [0, 0.05) is 23.1 Å². The van der Waals surface area contributed by atoms with Crippen LogP contribution in [-0.2, 0) is 0 Å². The Hall–Kier alpha value is -2.11. The molecule has 7 nitrogen and oxygen atoms in total. The van der Waals surface area contributed by atoms with Crippen LogP contribution < -0.4 is 0 Å². The Kier molecular flexibility index (Phi) is 5.10. The Morgan fingerprint density at radius 3 is 2.89 bits per heavy atom. The minimum absolute atomic E-state index is 0.00853. The van der Waals surface area contributed by atoms with Gasteiger partial charge in [0.15, 0.2) is 0 Å². The molecular formula is C11H14N4O3. The molecule has 1 unspecified atom stereocenters. The van der Waals surface area contributed by atoms with Crippen molar-refractivity contribution >= 4 is 5.69 Å². The predicted octanol–water partition coefficient (Wildman–Crippen LogP) is 3.03. The number of aryl methyl sites for hydroxylation is 1. The van der Waals surface area contributed by atoms with Crippen molar-refractivity contribution in [1.82, 2.24) is 0 Å². The average Bonchev–Trinajstić information content (AvgIpc) is 2.35. The van der Waals surface area contributed by atoms with E-state index in [1.165, 1.54) is 6.07 Å². The van der Waals surface area contributed by atoms with Gasteiger partial charge in [0.05, 0.1) is 11.0 Å². The highest BCUT2D eigenvalue weighted by Crippen LogP contribution is 2.28. The maximum absolute atomic E-state index is 10.8. The van der Waals surface area contributed by atoms with E-state index in [4.69, 9.17) is 10.6 Å². The topological polar surface area (TPSA) is 112 Å². The number of hydrogen-bond donors (Lipinski definition) is 1. The van der Waals surface area contributed by atoms with Crippen LogP contribution in [0.3, 0.4) is 0 Å². The molecule has 1 N–H and O–H groups in total. The normalized spacial score (nSPS) is 11.7. The van der Waals surface area contributed by atoms with Crippen LogP contribution in [0.5, 0.6) is 0 Å². The summed E-state index contributed by atoms with van der Waals surface area (Å²) in [6, 6.07) is 4.28. The summed E-state index contributed by atoms with van der Waals surface area (Å²) in [6.45, 7) is 1.64. The van der Waals surface area contributed by atoms with E-state index < -0.39 is 11.0 Å². The second kappa shape index (κ2) is 6.58. The molecule has 0 aromatic heterocycles. The van der Waals surface area contributed by atoms with Crippen LogP contribution in [0, 0.1) is 17.0 Å². The van der Waals surface area contributed by atoms with Crippen molar-refractivity contribution in [2.24, 2.45) is 5.11 Å². The van der Waals surface area contributed by atoms with Gasteiger partial charge in [-0.3, -0.25) is 10.1 Å². The summed E-state index contributed by atoms with van der Waals surface area (Å²) >= 11 is 0. The second-order valence-electron chi connectivity index (χ2n) is 3.89. The lowest BCUT2D eigenvalue weighted by Gasteiger charge is -2.11. The SMILES string of the molecule is Cc1ccc(C(CCCO)N=[N+]=[N-])cc1[N+](=O)[O-]. The monoisotopic (exact) mass is 250 g/mol. The molecule has 96 valence electrons. The third-order valence-electron chi connectivity index (χ3n) is 2.64. The van der Waals surface area contributed by atoms with E-state index in [0.29, 0.717) is 24.0 Å². The Morgan fingerprint density at radius 2 is 2.33 bits per heavy atom. The lowest BCUT2D eigenvalue weighted by molar-refractivity contribution is -0.385. The van der Waals surface area contributed by atoms with Gasteiger partial charge in [-0.15, -0.1) is 0 Å². The van der Waals surface area contributed by atoms with Crippen LogP contribution in [0.2, 0.25) is 0 Å². The summed E-state index contributed by atoms with van der Waals surface area (Å²) in [5.41, 5.74) is 9.66. The number of aliphatic hydroxyl groups is 1. The van der Waals surface area contributed by atoms with E-state index in [1.807, 2.05) is 0 Å². The first-order valence-corrected chi connectivity index (χ1v) is 5.50. The summed E-state index contributed by atoms with van der Waals surface area (Å²) in [6.07, 6.45) is 0.937. The van der Waals surface area contributed by atoms with Crippen LogP contribution >= 0.6 is 0 Å². The molecular weight excluding hydrogens is 236 g/mol. The average molecular weight is 250 g/mol. The van der Waals surface area contributed by atoms with E-state index >= 15 is 0 Å². The number of aliphatic hydroxyl groups excluding tert-OH is 1. The minimum atomic E-state index is -0.485. The third-order valence-corrected chi connectivity index (χ3v) is 2.64. The van der Waals surface area contributed by atoms with Crippen LogP contribution in [0.25, 0.3) is 10.4 Å². The predicted molar refractivity (Wildman–Crippen MR) is 66.0 cm³/mol. The minimum Gasteiger partial charge on any atom is -0.396 e. The first kappa shape index (κ1) is 14.0. The van der Waals surface area contributed by atoms with Gasteiger partial charge >= 0.3 is 0 Å². The van der Waals surface area contributed by atoms with Crippen LogP contribution in [0.1, 0.15) is 30.0 Å². The van der Waals surface area contributed by atoms with Crippen LogP contribution in [0.4, 0.5) is 5.69 Å². The maximum Gasteiger partial charge on any atom is 0.272 e. The molecule has 0 radical (unpaired) electrons.